The SMILES string of the molecule is Cc1ccc(C(=O)Nc2cc(Cl)c(F)c(Cl)c2)cc1N. The molecule has 0 aliphatic carbocycles. The molecule has 3 N–H and O–H groups in total. The molecular formula is C14H11Cl2FN2O. The number of hydrogen-bond donors (Lipinski definition) is 2. The lowest BCUT2D eigenvalue weighted by Gasteiger charge is -2.08. The molecule has 0 aliphatic heterocycles. The van der Waals surface area contributed by atoms with Gasteiger partial charge in [0.25, 0.3) is 5.91 Å². The van der Waals surface area contributed by atoms with E-state index in [1.165, 1.54) is 12.1 Å². The topological polar surface area (TPSA) is 55.1 Å². The number of aryl methyl sites for hydroxylation is 1. The zero-order chi connectivity index (χ0) is 14.9. The summed E-state index contributed by atoms with van der Waals surface area (Å²) in [4.78, 5) is 12.0. The van der Waals surface area contributed by atoms with Crippen molar-refractivity contribution in [1.29, 1.82) is 0 Å². The van der Waals surface area contributed by atoms with Crippen molar-refractivity contribution >= 4 is 40.5 Å². The van der Waals surface area contributed by atoms with Crippen LogP contribution in [0, 0.1) is 12.7 Å². The van der Waals surface area contributed by atoms with Gasteiger partial charge in [0.15, 0.2) is 5.82 Å². The van der Waals surface area contributed by atoms with Crippen LogP contribution in [0.3, 0.4) is 0 Å². The van der Waals surface area contributed by atoms with Gasteiger partial charge in [0.05, 0.1) is 10.0 Å². The third-order valence-corrected chi connectivity index (χ3v) is 3.33. The standard InChI is InChI=1S/C14H11Cl2FN2O/c1-7-2-3-8(4-12(7)18)14(20)19-9-5-10(15)13(17)11(16)6-9/h2-6H,18H2,1H3,(H,19,20). The summed E-state index contributed by atoms with van der Waals surface area (Å²) in [6.07, 6.45) is 0. The molecule has 2 aromatic rings. The second-order valence-corrected chi connectivity index (χ2v) is 5.09. The summed E-state index contributed by atoms with van der Waals surface area (Å²) in [6, 6.07) is 7.54. The molecule has 0 saturated heterocycles. The minimum Gasteiger partial charge on any atom is -0.398 e. The van der Waals surface area contributed by atoms with Crippen molar-refractivity contribution in [3.8, 4) is 0 Å². The molecule has 6 heteroatoms. The van der Waals surface area contributed by atoms with Gasteiger partial charge in [0, 0.05) is 16.9 Å². The van der Waals surface area contributed by atoms with Crippen molar-refractivity contribution < 1.29 is 9.18 Å². The summed E-state index contributed by atoms with van der Waals surface area (Å²) in [5.41, 5.74) is 7.86. The third-order valence-electron chi connectivity index (χ3n) is 2.78. The van der Waals surface area contributed by atoms with E-state index in [0.29, 0.717) is 16.9 Å². The van der Waals surface area contributed by atoms with E-state index in [1.807, 2.05) is 6.92 Å². The molecule has 104 valence electrons. The van der Waals surface area contributed by atoms with Crippen LogP contribution in [0.2, 0.25) is 10.0 Å². The summed E-state index contributed by atoms with van der Waals surface area (Å²) in [5.74, 6) is -1.10. The number of carbonyl (C=O) groups is 1. The Morgan fingerprint density at radius 2 is 1.80 bits per heavy atom. The molecule has 0 saturated carbocycles. The van der Waals surface area contributed by atoms with E-state index in [1.54, 1.807) is 18.2 Å². The number of nitrogens with one attached hydrogen (secondary N) is 1. The first-order chi connectivity index (χ1) is 9.38. The van der Waals surface area contributed by atoms with E-state index in [4.69, 9.17) is 28.9 Å². The van der Waals surface area contributed by atoms with Crippen LogP contribution in [0.25, 0.3) is 0 Å². The van der Waals surface area contributed by atoms with Crippen molar-refractivity contribution in [2.24, 2.45) is 0 Å². The van der Waals surface area contributed by atoms with Gasteiger partial charge < -0.3 is 11.1 Å². The van der Waals surface area contributed by atoms with Crippen molar-refractivity contribution in [2.75, 3.05) is 11.1 Å². The predicted molar refractivity (Wildman–Crippen MR) is 80.0 cm³/mol. The van der Waals surface area contributed by atoms with Gasteiger partial charge >= 0.3 is 0 Å². The quantitative estimate of drug-likeness (QED) is 0.642. The maximum absolute atomic E-state index is 13.3. The fraction of sp³-hybridized carbons (Fsp3) is 0.0714. The highest BCUT2D eigenvalue weighted by Gasteiger charge is 2.11. The fourth-order valence-electron chi connectivity index (χ4n) is 1.61. The molecule has 3 nitrogen and oxygen atoms in total. The highest BCUT2D eigenvalue weighted by atomic mass is 35.5. The molecule has 0 spiro atoms. The van der Waals surface area contributed by atoms with E-state index < -0.39 is 5.82 Å². The second kappa shape index (κ2) is 5.69. The minimum atomic E-state index is -0.717. The normalized spacial score (nSPS) is 10.4. The van der Waals surface area contributed by atoms with Gasteiger partial charge in [-0.15, -0.1) is 0 Å². The molecule has 0 unspecified atom stereocenters. The Hall–Kier alpha value is -1.78. The summed E-state index contributed by atoms with van der Waals surface area (Å²) in [5, 5.41) is 2.27. The monoisotopic (exact) mass is 312 g/mol. The van der Waals surface area contributed by atoms with Crippen LogP contribution < -0.4 is 11.1 Å². The molecule has 2 aromatic carbocycles. The van der Waals surface area contributed by atoms with E-state index in [-0.39, 0.29) is 16.0 Å². The number of rotatable bonds is 2. The van der Waals surface area contributed by atoms with Crippen LogP contribution in [0.5, 0.6) is 0 Å². The van der Waals surface area contributed by atoms with Gasteiger partial charge in [-0.05, 0) is 36.8 Å². The lowest BCUT2D eigenvalue weighted by Crippen LogP contribution is -2.12. The van der Waals surface area contributed by atoms with E-state index >= 15 is 0 Å². The maximum atomic E-state index is 13.3. The Kier molecular flexibility index (Phi) is 4.16. The molecule has 0 bridgehead atoms. The number of nitrogens with two attached hydrogens (primary N) is 1. The average Bonchev–Trinajstić information content (AvgIpc) is 2.39. The smallest absolute Gasteiger partial charge is 0.255 e. The van der Waals surface area contributed by atoms with Crippen molar-refractivity contribution in [3.63, 3.8) is 0 Å². The Labute approximate surface area is 125 Å². The van der Waals surface area contributed by atoms with Gasteiger partial charge in [-0.25, -0.2) is 4.39 Å². The van der Waals surface area contributed by atoms with Gasteiger partial charge in [0.2, 0.25) is 0 Å². The molecule has 1 amide bonds. The molecule has 20 heavy (non-hydrogen) atoms. The number of hydrogen-bond acceptors (Lipinski definition) is 2. The van der Waals surface area contributed by atoms with Crippen LogP contribution in [0.1, 0.15) is 15.9 Å². The van der Waals surface area contributed by atoms with Crippen molar-refractivity contribution in [2.45, 2.75) is 6.92 Å². The van der Waals surface area contributed by atoms with Crippen molar-refractivity contribution in [1.82, 2.24) is 0 Å². The zero-order valence-electron chi connectivity index (χ0n) is 10.5. The highest BCUT2D eigenvalue weighted by molar-refractivity contribution is 6.35. The molecule has 0 aliphatic rings. The number of benzene rings is 2. The van der Waals surface area contributed by atoms with Crippen LogP contribution in [-0.2, 0) is 0 Å². The minimum absolute atomic E-state index is 0.156. The Morgan fingerprint density at radius 3 is 2.35 bits per heavy atom. The van der Waals surface area contributed by atoms with E-state index in [9.17, 15) is 9.18 Å². The number of halogens is 3. The molecule has 0 radical (unpaired) electrons. The molecular weight excluding hydrogens is 302 g/mol. The highest BCUT2D eigenvalue weighted by Crippen LogP contribution is 2.27. The summed E-state index contributed by atoms with van der Waals surface area (Å²) >= 11 is 11.3. The van der Waals surface area contributed by atoms with Crippen LogP contribution in [0.4, 0.5) is 15.8 Å². The summed E-state index contributed by atoms with van der Waals surface area (Å²) < 4.78 is 13.3. The second-order valence-electron chi connectivity index (χ2n) is 4.28. The van der Waals surface area contributed by atoms with Crippen LogP contribution in [0.15, 0.2) is 30.3 Å². The lowest BCUT2D eigenvalue weighted by atomic mass is 10.1. The first-order valence-electron chi connectivity index (χ1n) is 5.70. The Morgan fingerprint density at radius 1 is 1.20 bits per heavy atom. The average molecular weight is 313 g/mol. The van der Waals surface area contributed by atoms with Crippen LogP contribution >= 0.6 is 23.2 Å². The number of carbonyl (C=O) groups excluding carboxylic acids is 1. The lowest BCUT2D eigenvalue weighted by molar-refractivity contribution is 0.102. The largest absolute Gasteiger partial charge is 0.398 e. The van der Waals surface area contributed by atoms with Gasteiger partial charge in [-0.2, -0.15) is 0 Å². The summed E-state index contributed by atoms with van der Waals surface area (Å²) in [6.45, 7) is 1.84. The molecule has 0 aromatic heterocycles. The molecule has 0 heterocycles. The number of anilines is 2. The van der Waals surface area contributed by atoms with Gasteiger partial charge in [0.1, 0.15) is 0 Å². The van der Waals surface area contributed by atoms with Gasteiger partial charge in [-0.1, -0.05) is 29.3 Å². The number of nitrogen functional groups attached to an aromatic ring is 1. The molecule has 0 atom stereocenters. The Bertz CT molecular complexity index is 666. The van der Waals surface area contributed by atoms with E-state index in [0.717, 1.165) is 5.56 Å². The third kappa shape index (κ3) is 3.03. The first-order valence-corrected chi connectivity index (χ1v) is 6.46. The van der Waals surface area contributed by atoms with E-state index in [2.05, 4.69) is 5.32 Å². The molecule has 0 fully saturated rings. The van der Waals surface area contributed by atoms with Gasteiger partial charge in [-0.3, -0.25) is 4.79 Å². The number of amides is 1. The fourth-order valence-corrected chi connectivity index (χ4v) is 2.10. The van der Waals surface area contributed by atoms with Crippen LogP contribution in [-0.4, -0.2) is 5.91 Å². The van der Waals surface area contributed by atoms with Crippen molar-refractivity contribution in [3.05, 3.63) is 57.3 Å². The predicted octanol–water partition coefficient (Wildman–Crippen LogP) is 4.28. The first kappa shape index (κ1) is 14.6. The maximum Gasteiger partial charge on any atom is 0.255 e. The zero-order valence-corrected chi connectivity index (χ0v) is 12.0. The summed E-state index contributed by atoms with van der Waals surface area (Å²) in [7, 11) is 0. The Balaban J connectivity index is 2.25. The molecule has 2 rings (SSSR count).